The van der Waals surface area contributed by atoms with Crippen LogP contribution < -0.4 is 0 Å². The SMILES string of the molecule is CC1(C)c2ccccc2-c2ccc(-c3c4ccc(-n5c6ccccc6c6ccccc65)cc4c(-c4ccc(-c5ccc6ccccc6c5)cc4)c4ccc(-n5c6ccccc6c6ccccc65)cc34)cc21. The Bertz CT molecular complexity index is 4430. The fraction of sp³-hybridized carbons (Fsp3) is 0.0435. The van der Waals surface area contributed by atoms with E-state index in [2.05, 4.69) is 266 Å². The van der Waals surface area contributed by atoms with Gasteiger partial charge in [-0.15, -0.1) is 0 Å². The van der Waals surface area contributed by atoms with Crippen molar-refractivity contribution >= 4 is 75.9 Å². The summed E-state index contributed by atoms with van der Waals surface area (Å²) in [6, 6.07) is 90.8. The van der Waals surface area contributed by atoms with E-state index in [0.29, 0.717) is 0 Å². The number of fused-ring (bicyclic) bond motifs is 12. The van der Waals surface area contributed by atoms with E-state index in [0.717, 1.165) is 11.4 Å². The van der Waals surface area contributed by atoms with Gasteiger partial charge in [0.15, 0.2) is 0 Å². The Hall–Kier alpha value is -8.98. The second kappa shape index (κ2) is 15.0. The summed E-state index contributed by atoms with van der Waals surface area (Å²) in [5.41, 5.74) is 19.6. The van der Waals surface area contributed by atoms with Crippen LogP contribution >= 0.6 is 0 Å². The molecule has 1 aliphatic rings. The van der Waals surface area contributed by atoms with Gasteiger partial charge in [0.25, 0.3) is 0 Å². The lowest BCUT2D eigenvalue weighted by molar-refractivity contribution is 0.660. The first-order valence-electron chi connectivity index (χ1n) is 24.8. The van der Waals surface area contributed by atoms with Crippen molar-refractivity contribution in [1.82, 2.24) is 9.13 Å². The summed E-state index contributed by atoms with van der Waals surface area (Å²) in [4.78, 5) is 0. The van der Waals surface area contributed by atoms with Crippen LogP contribution in [0.5, 0.6) is 0 Å². The molecule has 0 bridgehead atoms. The van der Waals surface area contributed by atoms with Crippen molar-refractivity contribution in [1.29, 1.82) is 0 Å². The smallest absolute Gasteiger partial charge is 0.0541 e. The molecule has 0 fully saturated rings. The first kappa shape index (κ1) is 40.0. The van der Waals surface area contributed by atoms with Crippen LogP contribution in [0, 0.1) is 0 Å². The zero-order valence-electron chi connectivity index (χ0n) is 39.5. The van der Waals surface area contributed by atoms with E-state index in [1.54, 1.807) is 0 Å². The number of hydrogen-bond acceptors (Lipinski definition) is 0. The second-order valence-corrected chi connectivity index (χ2v) is 20.0. The number of para-hydroxylation sites is 4. The number of aromatic nitrogens is 2. The Morgan fingerprint density at radius 2 is 0.704 bits per heavy atom. The Kier molecular flexibility index (Phi) is 8.45. The molecule has 2 nitrogen and oxygen atoms in total. The first-order chi connectivity index (χ1) is 35.0. The van der Waals surface area contributed by atoms with Crippen molar-refractivity contribution in [3.63, 3.8) is 0 Å². The first-order valence-corrected chi connectivity index (χ1v) is 24.8. The molecule has 12 aromatic carbocycles. The van der Waals surface area contributed by atoms with Gasteiger partial charge in [0.05, 0.1) is 22.1 Å². The van der Waals surface area contributed by atoms with Gasteiger partial charge in [-0.2, -0.15) is 0 Å². The maximum Gasteiger partial charge on any atom is 0.0541 e. The standard InChI is InChI=1S/C69H46N2/c1-69(2)61-22-10-5-17-51(61)52-36-33-48(40-62(52)69)68-58-38-35-49(70-63-23-11-6-18-53(63)54-19-7-12-24-64(54)70)41-59(58)67(45-30-27-44(28-31-45)47-32-29-43-15-3-4-16-46(43)39-47)57-37-34-50(42-60(57)68)71-65-25-13-8-20-55(65)56-21-9-14-26-66(56)71/h3-42H,1-2H3. The lowest BCUT2D eigenvalue weighted by Gasteiger charge is -2.23. The van der Waals surface area contributed by atoms with Crippen molar-refractivity contribution in [3.05, 3.63) is 254 Å². The minimum Gasteiger partial charge on any atom is -0.309 e. The summed E-state index contributed by atoms with van der Waals surface area (Å²) in [6.45, 7) is 4.78. The van der Waals surface area contributed by atoms with Crippen LogP contribution in [0.2, 0.25) is 0 Å². The topological polar surface area (TPSA) is 9.86 Å². The second-order valence-electron chi connectivity index (χ2n) is 20.0. The van der Waals surface area contributed by atoms with E-state index < -0.39 is 0 Å². The molecule has 2 heterocycles. The van der Waals surface area contributed by atoms with Crippen molar-refractivity contribution < 1.29 is 0 Å². The lowest BCUT2D eigenvalue weighted by atomic mass is 9.80. The molecular formula is C69H46N2. The van der Waals surface area contributed by atoms with E-state index in [-0.39, 0.29) is 5.41 Å². The van der Waals surface area contributed by atoms with Gasteiger partial charge in [0.1, 0.15) is 0 Å². The molecule has 0 saturated heterocycles. The zero-order chi connectivity index (χ0) is 47.0. The predicted molar refractivity (Wildman–Crippen MR) is 302 cm³/mol. The summed E-state index contributed by atoms with van der Waals surface area (Å²) in [7, 11) is 0. The largest absolute Gasteiger partial charge is 0.309 e. The molecule has 0 N–H and O–H groups in total. The Morgan fingerprint density at radius 1 is 0.268 bits per heavy atom. The minimum absolute atomic E-state index is 0.155. The number of nitrogens with zero attached hydrogens (tertiary/aromatic N) is 2. The van der Waals surface area contributed by atoms with E-state index in [1.807, 2.05) is 0 Å². The summed E-state index contributed by atoms with van der Waals surface area (Å²) in [5.74, 6) is 0. The molecule has 1 aliphatic carbocycles. The highest BCUT2D eigenvalue weighted by Gasteiger charge is 2.35. The van der Waals surface area contributed by atoms with Crippen LogP contribution in [0.15, 0.2) is 243 Å². The van der Waals surface area contributed by atoms with E-state index in [1.165, 1.54) is 132 Å². The fourth-order valence-electron chi connectivity index (χ4n) is 12.6. The monoisotopic (exact) mass is 902 g/mol. The van der Waals surface area contributed by atoms with Crippen LogP contribution in [0.1, 0.15) is 25.0 Å². The summed E-state index contributed by atoms with van der Waals surface area (Å²) in [6.07, 6.45) is 0. The molecule has 2 aromatic heterocycles. The molecular weight excluding hydrogens is 857 g/mol. The maximum atomic E-state index is 2.51. The molecule has 0 spiro atoms. The van der Waals surface area contributed by atoms with Crippen LogP contribution in [0.4, 0.5) is 0 Å². The molecule has 0 amide bonds. The van der Waals surface area contributed by atoms with Gasteiger partial charge in [-0.25, -0.2) is 0 Å². The van der Waals surface area contributed by atoms with Crippen LogP contribution in [0.3, 0.4) is 0 Å². The third kappa shape index (κ3) is 5.83. The molecule has 0 aliphatic heterocycles. The van der Waals surface area contributed by atoms with E-state index in [9.17, 15) is 0 Å². The fourth-order valence-corrected chi connectivity index (χ4v) is 12.6. The van der Waals surface area contributed by atoms with Gasteiger partial charge >= 0.3 is 0 Å². The van der Waals surface area contributed by atoms with Crippen molar-refractivity contribution in [2.24, 2.45) is 0 Å². The molecule has 15 rings (SSSR count). The van der Waals surface area contributed by atoms with Crippen molar-refractivity contribution in [3.8, 4) is 55.9 Å². The summed E-state index contributed by atoms with van der Waals surface area (Å²) in [5, 5.41) is 12.4. The van der Waals surface area contributed by atoms with Gasteiger partial charge in [0.2, 0.25) is 0 Å². The van der Waals surface area contributed by atoms with Crippen molar-refractivity contribution in [2.75, 3.05) is 0 Å². The van der Waals surface area contributed by atoms with E-state index in [4.69, 9.17) is 0 Å². The number of rotatable bonds is 5. The quantitative estimate of drug-likeness (QED) is 0.152. The number of benzene rings is 12. The Labute approximate surface area is 411 Å². The Balaban J connectivity index is 1.05. The summed E-state index contributed by atoms with van der Waals surface area (Å²) < 4.78 is 4.92. The van der Waals surface area contributed by atoms with Gasteiger partial charge < -0.3 is 9.13 Å². The molecule has 332 valence electrons. The third-order valence-electron chi connectivity index (χ3n) is 15.9. The molecule has 0 unspecified atom stereocenters. The highest BCUT2D eigenvalue weighted by Crippen LogP contribution is 2.52. The summed E-state index contributed by atoms with van der Waals surface area (Å²) >= 11 is 0. The molecule has 2 heteroatoms. The Morgan fingerprint density at radius 3 is 1.28 bits per heavy atom. The van der Waals surface area contributed by atoms with Gasteiger partial charge in [-0.1, -0.05) is 196 Å². The minimum atomic E-state index is -0.155. The maximum absolute atomic E-state index is 2.51. The highest BCUT2D eigenvalue weighted by atomic mass is 15.0. The zero-order valence-corrected chi connectivity index (χ0v) is 39.5. The van der Waals surface area contributed by atoms with Gasteiger partial charge in [0, 0.05) is 38.3 Å². The third-order valence-corrected chi connectivity index (χ3v) is 15.9. The molecule has 0 atom stereocenters. The predicted octanol–water partition coefficient (Wildman–Crippen LogP) is 18.6. The van der Waals surface area contributed by atoms with Gasteiger partial charge in [-0.05, 0) is 149 Å². The van der Waals surface area contributed by atoms with Gasteiger partial charge in [-0.3, -0.25) is 0 Å². The highest BCUT2D eigenvalue weighted by molar-refractivity contribution is 6.23. The normalized spacial score (nSPS) is 13.0. The van der Waals surface area contributed by atoms with E-state index >= 15 is 0 Å². The van der Waals surface area contributed by atoms with Crippen LogP contribution in [-0.2, 0) is 5.41 Å². The van der Waals surface area contributed by atoms with Crippen molar-refractivity contribution in [2.45, 2.75) is 19.3 Å². The van der Waals surface area contributed by atoms with Crippen LogP contribution in [0.25, 0.3) is 132 Å². The average molecular weight is 903 g/mol. The lowest BCUT2D eigenvalue weighted by Crippen LogP contribution is -2.14. The molecule has 71 heavy (non-hydrogen) atoms. The molecule has 0 radical (unpaired) electrons. The van der Waals surface area contributed by atoms with Crippen LogP contribution in [-0.4, -0.2) is 9.13 Å². The average Bonchev–Trinajstić information content (AvgIpc) is 4.03. The number of hydrogen-bond donors (Lipinski definition) is 0. The molecule has 0 saturated carbocycles. The molecule has 14 aromatic rings.